The highest BCUT2D eigenvalue weighted by molar-refractivity contribution is 8.00. The zero-order chi connectivity index (χ0) is 10.1. The van der Waals surface area contributed by atoms with Gasteiger partial charge < -0.3 is 15.7 Å². The molecular weight excluding hydrogens is 204 g/mol. The van der Waals surface area contributed by atoms with E-state index in [4.69, 9.17) is 5.11 Å². The van der Waals surface area contributed by atoms with E-state index < -0.39 is 5.97 Å². The van der Waals surface area contributed by atoms with E-state index in [9.17, 15) is 9.59 Å². The third-order valence-corrected chi connectivity index (χ3v) is 4.09. The van der Waals surface area contributed by atoms with Gasteiger partial charge in [-0.2, -0.15) is 11.8 Å². The van der Waals surface area contributed by atoms with Gasteiger partial charge in [0.15, 0.2) is 0 Å². The Hall–Kier alpha value is -0.910. The van der Waals surface area contributed by atoms with Crippen LogP contribution in [0.1, 0.15) is 12.8 Å². The van der Waals surface area contributed by atoms with Gasteiger partial charge in [0.1, 0.15) is 0 Å². The molecule has 0 aliphatic carbocycles. The van der Waals surface area contributed by atoms with Crippen molar-refractivity contribution in [3.05, 3.63) is 0 Å². The van der Waals surface area contributed by atoms with E-state index in [-0.39, 0.29) is 29.8 Å². The Balaban J connectivity index is 1.89. The molecule has 0 radical (unpaired) electrons. The van der Waals surface area contributed by atoms with Gasteiger partial charge in [-0.15, -0.1) is 0 Å². The van der Waals surface area contributed by atoms with Gasteiger partial charge in [-0.1, -0.05) is 0 Å². The van der Waals surface area contributed by atoms with Gasteiger partial charge in [-0.3, -0.25) is 4.79 Å². The number of thioether (sulfide) groups is 1. The molecule has 3 unspecified atom stereocenters. The average Bonchev–Trinajstić information content (AvgIpc) is 2.60. The smallest absolute Gasteiger partial charge is 0.315 e. The number of carbonyl (C=O) groups excluding carboxylic acids is 1. The van der Waals surface area contributed by atoms with E-state index in [0.717, 1.165) is 5.75 Å². The molecule has 0 aromatic rings. The summed E-state index contributed by atoms with van der Waals surface area (Å²) in [6.45, 7) is 0. The van der Waals surface area contributed by atoms with E-state index in [0.29, 0.717) is 6.42 Å². The van der Waals surface area contributed by atoms with E-state index in [1.54, 1.807) is 11.8 Å². The first-order valence-corrected chi connectivity index (χ1v) is 5.62. The van der Waals surface area contributed by atoms with Gasteiger partial charge in [0.25, 0.3) is 0 Å². The van der Waals surface area contributed by atoms with Crippen molar-refractivity contribution in [1.29, 1.82) is 0 Å². The fourth-order valence-corrected chi connectivity index (χ4v) is 3.40. The van der Waals surface area contributed by atoms with Crippen LogP contribution in [0.4, 0.5) is 4.79 Å². The van der Waals surface area contributed by atoms with E-state index in [1.807, 2.05) is 0 Å². The summed E-state index contributed by atoms with van der Waals surface area (Å²) in [5.41, 5.74) is 0. The number of carbonyl (C=O) groups is 2. The molecule has 3 N–H and O–H groups in total. The number of carboxylic acids is 1. The third-order valence-electron chi connectivity index (χ3n) is 2.58. The predicted octanol–water partition coefficient (Wildman–Crippen LogP) is 0.0166. The van der Waals surface area contributed by atoms with Crippen LogP contribution in [0.25, 0.3) is 0 Å². The summed E-state index contributed by atoms with van der Waals surface area (Å²) in [6.07, 6.45) is 0.805. The first-order valence-electron chi connectivity index (χ1n) is 4.57. The number of fused-ring (bicyclic) bond motifs is 1. The van der Waals surface area contributed by atoms with Gasteiger partial charge in [-0.25, -0.2) is 4.79 Å². The molecular formula is C8H12N2O3S. The Morgan fingerprint density at radius 3 is 3.07 bits per heavy atom. The number of hydrogen-bond acceptors (Lipinski definition) is 3. The van der Waals surface area contributed by atoms with Crippen molar-refractivity contribution < 1.29 is 14.7 Å². The normalized spacial score (nSPS) is 34.9. The van der Waals surface area contributed by atoms with Crippen LogP contribution >= 0.6 is 11.8 Å². The molecule has 0 aromatic carbocycles. The Morgan fingerprint density at radius 2 is 2.36 bits per heavy atom. The van der Waals surface area contributed by atoms with Crippen LogP contribution in [0.5, 0.6) is 0 Å². The topological polar surface area (TPSA) is 78.4 Å². The minimum Gasteiger partial charge on any atom is -0.481 e. The molecule has 78 valence electrons. The number of amides is 2. The molecule has 2 fully saturated rings. The van der Waals surface area contributed by atoms with Gasteiger partial charge >= 0.3 is 12.0 Å². The summed E-state index contributed by atoms with van der Waals surface area (Å²) in [6, 6.07) is 0.179. The lowest BCUT2D eigenvalue weighted by Crippen LogP contribution is -2.37. The maximum atomic E-state index is 11.0. The molecule has 3 atom stereocenters. The van der Waals surface area contributed by atoms with E-state index >= 15 is 0 Å². The number of rotatable bonds is 3. The van der Waals surface area contributed by atoms with E-state index in [2.05, 4.69) is 10.6 Å². The highest BCUT2D eigenvalue weighted by atomic mass is 32.2. The molecule has 6 heteroatoms. The van der Waals surface area contributed by atoms with Gasteiger partial charge in [0.2, 0.25) is 0 Å². The predicted molar refractivity (Wildman–Crippen MR) is 52.4 cm³/mol. The number of hydrogen-bond donors (Lipinski definition) is 3. The number of carboxylic acid groups (broad SMARTS) is 1. The highest BCUT2D eigenvalue weighted by Gasteiger charge is 2.42. The van der Waals surface area contributed by atoms with Crippen molar-refractivity contribution in [2.75, 3.05) is 5.75 Å². The summed E-state index contributed by atoms with van der Waals surface area (Å²) in [7, 11) is 0. The lowest BCUT2D eigenvalue weighted by atomic mass is 10.0. The fraction of sp³-hybridized carbons (Fsp3) is 0.750. The van der Waals surface area contributed by atoms with Crippen LogP contribution in [0, 0.1) is 0 Å². The minimum absolute atomic E-state index is 0.117. The molecule has 2 saturated heterocycles. The second-order valence-corrected chi connectivity index (χ2v) is 4.83. The highest BCUT2D eigenvalue weighted by Crippen LogP contribution is 2.32. The van der Waals surface area contributed by atoms with Crippen LogP contribution in [0.15, 0.2) is 0 Å². The van der Waals surface area contributed by atoms with Crippen molar-refractivity contribution in [3.8, 4) is 0 Å². The average molecular weight is 216 g/mol. The first kappa shape index (κ1) is 9.64. The van der Waals surface area contributed by atoms with E-state index in [1.165, 1.54) is 0 Å². The second-order valence-electron chi connectivity index (χ2n) is 3.55. The molecule has 2 aliphatic heterocycles. The minimum atomic E-state index is -0.772. The SMILES string of the molecule is O=C(O)CCC1SCC2NC(=O)NC21. The Bertz CT molecular complexity index is 271. The summed E-state index contributed by atoms with van der Waals surface area (Å²) in [5.74, 6) is 0.111. The molecule has 0 aromatic heterocycles. The quantitative estimate of drug-likeness (QED) is 0.581. The van der Waals surface area contributed by atoms with Crippen LogP contribution in [-0.4, -0.2) is 40.2 Å². The molecule has 0 bridgehead atoms. The lowest BCUT2D eigenvalue weighted by Gasteiger charge is -2.15. The fourth-order valence-electron chi connectivity index (χ4n) is 1.91. The number of urea groups is 1. The van der Waals surface area contributed by atoms with Gasteiger partial charge in [-0.05, 0) is 6.42 Å². The van der Waals surface area contributed by atoms with Crippen molar-refractivity contribution >= 4 is 23.8 Å². The largest absolute Gasteiger partial charge is 0.481 e. The summed E-state index contributed by atoms with van der Waals surface area (Å²) >= 11 is 1.74. The monoisotopic (exact) mass is 216 g/mol. The maximum Gasteiger partial charge on any atom is 0.315 e. The lowest BCUT2D eigenvalue weighted by molar-refractivity contribution is -0.137. The molecule has 14 heavy (non-hydrogen) atoms. The molecule has 5 nitrogen and oxygen atoms in total. The second kappa shape index (κ2) is 3.68. The van der Waals surface area contributed by atoms with Crippen LogP contribution in [0.2, 0.25) is 0 Å². The molecule has 2 rings (SSSR count). The molecule has 0 spiro atoms. The molecule has 0 saturated carbocycles. The summed E-state index contributed by atoms with van der Waals surface area (Å²) < 4.78 is 0. The molecule has 2 aliphatic rings. The standard InChI is InChI=1S/C8H12N2O3S/c11-6(12)2-1-5-7-4(3-14-5)9-8(13)10-7/h4-5,7H,1-3H2,(H,11,12)(H2,9,10,13). The van der Waals surface area contributed by atoms with Crippen LogP contribution in [0.3, 0.4) is 0 Å². The van der Waals surface area contributed by atoms with Gasteiger partial charge in [0, 0.05) is 17.4 Å². The molecule has 2 heterocycles. The van der Waals surface area contributed by atoms with Crippen molar-refractivity contribution in [2.24, 2.45) is 0 Å². The first-order chi connectivity index (χ1) is 6.66. The van der Waals surface area contributed by atoms with Crippen LogP contribution in [-0.2, 0) is 4.79 Å². The van der Waals surface area contributed by atoms with Crippen molar-refractivity contribution in [1.82, 2.24) is 10.6 Å². The third kappa shape index (κ3) is 1.79. The van der Waals surface area contributed by atoms with Gasteiger partial charge in [0.05, 0.1) is 12.1 Å². The number of aliphatic carboxylic acids is 1. The Morgan fingerprint density at radius 1 is 1.57 bits per heavy atom. The zero-order valence-corrected chi connectivity index (χ0v) is 8.34. The summed E-state index contributed by atoms with van der Waals surface area (Å²) in [4.78, 5) is 21.4. The Labute approximate surface area is 85.6 Å². The van der Waals surface area contributed by atoms with Crippen molar-refractivity contribution in [3.63, 3.8) is 0 Å². The number of nitrogens with one attached hydrogen (secondary N) is 2. The Kier molecular flexibility index (Phi) is 2.54. The zero-order valence-electron chi connectivity index (χ0n) is 7.53. The van der Waals surface area contributed by atoms with Crippen LogP contribution < -0.4 is 10.6 Å². The maximum absolute atomic E-state index is 11.0. The van der Waals surface area contributed by atoms with Crippen molar-refractivity contribution in [2.45, 2.75) is 30.2 Å². The molecule has 2 amide bonds. The summed E-state index contributed by atoms with van der Waals surface area (Å²) in [5, 5.41) is 14.4.